The summed E-state index contributed by atoms with van der Waals surface area (Å²) in [5.41, 5.74) is 0.399. The van der Waals surface area contributed by atoms with Crippen molar-refractivity contribution in [1.82, 2.24) is 15.5 Å². The summed E-state index contributed by atoms with van der Waals surface area (Å²) >= 11 is 0. The third-order valence-corrected chi connectivity index (χ3v) is 3.00. The summed E-state index contributed by atoms with van der Waals surface area (Å²) in [6.45, 7) is 0. The van der Waals surface area contributed by atoms with Gasteiger partial charge in [-0.15, -0.1) is 0 Å². The molecule has 1 heterocycles. The number of carbonyl (C=O) groups is 2. The van der Waals surface area contributed by atoms with Gasteiger partial charge in [-0.3, -0.25) is 9.59 Å². The highest BCUT2D eigenvalue weighted by Crippen LogP contribution is 2.25. The van der Waals surface area contributed by atoms with E-state index in [1.165, 1.54) is 12.4 Å². The van der Waals surface area contributed by atoms with Gasteiger partial charge in [0.25, 0.3) is 5.91 Å². The highest BCUT2D eigenvalue weighted by Gasteiger charge is 2.33. The first-order valence-corrected chi connectivity index (χ1v) is 5.49. The van der Waals surface area contributed by atoms with Gasteiger partial charge in [-0.1, -0.05) is 6.42 Å². The summed E-state index contributed by atoms with van der Waals surface area (Å²) in [6, 6.07) is 1.26. The van der Waals surface area contributed by atoms with Crippen LogP contribution in [0.5, 0.6) is 0 Å². The second kappa shape index (κ2) is 4.90. The second-order valence-electron chi connectivity index (χ2n) is 4.09. The van der Waals surface area contributed by atoms with Gasteiger partial charge in [-0.2, -0.15) is 10.2 Å². The van der Waals surface area contributed by atoms with Crippen LogP contribution >= 0.6 is 0 Å². The van der Waals surface area contributed by atoms with Crippen molar-refractivity contribution in [1.29, 1.82) is 0 Å². The Labute approximate surface area is 98.1 Å². The first-order valence-electron chi connectivity index (χ1n) is 5.49. The SMILES string of the molecule is O=C(NC1CCCC1C(=O)O)c1ccnnc1. The van der Waals surface area contributed by atoms with E-state index in [1.807, 2.05) is 0 Å². The lowest BCUT2D eigenvalue weighted by molar-refractivity contribution is -0.142. The molecule has 2 N–H and O–H groups in total. The minimum absolute atomic E-state index is 0.284. The van der Waals surface area contributed by atoms with Crippen molar-refractivity contribution in [2.75, 3.05) is 0 Å². The molecule has 1 aliphatic rings. The van der Waals surface area contributed by atoms with E-state index in [0.717, 1.165) is 6.42 Å². The van der Waals surface area contributed by atoms with E-state index >= 15 is 0 Å². The van der Waals surface area contributed by atoms with E-state index in [9.17, 15) is 9.59 Å². The summed E-state index contributed by atoms with van der Waals surface area (Å²) in [5.74, 6) is -1.62. The Morgan fingerprint density at radius 2 is 2.18 bits per heavy atom. The molecule has 0 radical (unpaired) electrons. The molecular weight excluding hydrogens is 222 g/mol. The highest BCUT2D eigenvalue weighted by atomic mass is 16.4. The van der Waals surface area contributed by atoms with Crippen LogP contribution in [0.4, 0.5) is 0 Å². The molecule has 6 heteroatoms. The number of nitrogens with one attached hydrogen (secondary N) is 1. The van der Waals surface area contributed by atoms with E-state index in [-0.39, 0.29) is 11.9 Å². The number of aromatic nitrogens is 2. The molecule has 1 aromatic heterocycles. The summed E-state index contributed by atoms with van der Waals surface area (Å²) in [4.78, 5) is 22.8. The Hall–Kier alpha value is -1.98. The van der Waals surface area contributed by atoms with Gasteiger partial charge < -0.3 is 10.4 Å². The number of hydrogen-bond acceptors (Lipinski definition) is 4. The van der Waals surface area contributed by atoms with Gasteiger partial charge >= 0.3 is 5.97 Å². The van der Waals surface area contributed by atoms with E-state index in [4.69, 9.17) is 5.11 Å². The maximum Gasteiger partial charge on any atom is 0.308 e. The van der Waals surface area contributed by atoms with Crippen LogP contribution in [0.2, 0.25) is 0 Å². The van der Waals surface area contributed by atoms with Gasteiger partial charge in [0.15, 0.2) is 0 Å². The molecule has 0 bridgehead atoms. The normalized spacial score (nSPS) is 23.3. The topological polar surface area (TPSA) is 92.2 Å². The van der Waals surface area contributed by atoms with Gasteiger partial charge in [-0.05, 0) is 18.9 Å². The zero-order valence-corrected chi connectivity index (χ0v) is 9.17. The van der Waals surface area contributed by atoms with Crippen LogP contribution in [-0.2, 0) is 4.79 Å². The Balaban J connectivity index is 2.02. The number of aliphatic carboxylic acids is 1. The maximum absolute atomic E-state index is 11.8. The van der Waals surface area contributed by atoms with Crippen molar-refractivity contribution in [3.63, 3.8) is 0 Å². The van der Waals surface area contributed by atoms with Crippen molar-refractivity contribution in [2.24, 2.45) is 5.92 Å². The van der Waals surface area contributed by atoms with Crippen molar-refractivity contribution in [2.45, 2.75) is 25.3 Å². The molecule has 2 rings (SSSR count). The number of carboxylic acid groups (broad SMARTS) is 1. The smallest absolute Gasteiger partial charge is 0.308 e. The van der Waals surface area contributed by atoms with Crippen LogP contribution in [0, 0.1) is 5.92 Å². The maximum atomic E-state index is 11.8. The molecule has 0 spiro atoms. The Bertz CT molecular complexity index is 421. The van der Waals surface area contributed by atoms with Gasteiger partial charge in [0.05, 0.1) is 23.9 Å². The average molecular weight is 235 g/mol. The predicted octanol–water partition coefficient (Wildman–Crippen LogP) is 0.460. The van der Waals surface area contributed by atoms with E-state index in [1.54, 1.807) is 6.07 Å². The number of amides is 1. The minimum atomic E-state index is -0.847. The lowest BCUT2D eigenvalue weighted by atomic mass is 10.0. The van der Waals surface area contributed by atoms with Crippen LogP contribution in [0.15, 0.2) is 18.5 Å². The molecule has 6 nitrogen and oxygen atoms in total. The summed E-state index contributed by atoms with van der Waals surface area (Å²) in [6.07, 6.45) is 4.95. The molecule has 90 valence electrons. The fourth-order valence-electron chi connectivity index (χ4n) is 2.11. The van der Waals surface area contributed by atoms with E-state index in [2.05, 4.69) is 15.5 Å². The molecule has 1 amide bonds. The van der Waals surface area contributed by atoms with Crippen molar-refractivity contribution in [3.05, 3.63) is 24.0 Å². The van der Waals surface area contributed by atoms with Crippen LogP contribution in [0.1, 0.15) is 29.6 Å². The Morgan fingerprint density at radius 3 is 2.82 bits per heavy atom. The molecule has 0 saturated heterocycles. The lowest BCUT2D eigenvalue weighted by Crippen LogP contribution is -2.40. The van der Waals surface area contributed by atoms with Crippen molar-refractivity contribution in [3.8, 4) is 0 Å². The minimum Gasteiger partial charge on any atom is -0.481 e. The lowest BCUT2D eigenvalue weighted by Gasteiger charge is -2.17. The van der Waals surface area contributed by atoms with E-state index < -0.39 is 11.9 Å². The second-order valence-corrected chi connectivity index (χ2v) is 4.09. The van der Waals surface area contributed by atoms with Crippen LogP contribution < -0.4 is 5.32 Å². The molecule has 0 aromatic carbocycles. The zero-order valence-electron chi connectivity index (χ0n) is 9.17. The van der Waals surface area contributed by atoms with Gasteiger partial charge in [0, 0.05) is 6.04 Å². The fraction of sp³-hybridized carbons (Fsp3) is 0.455. The van der Waals surface area contributed by atoms with Gasteiger partial charge in [0.2, 0.25) is 0 Å². The zero-order chi connectivity index (χ0) is 12.3. The number of carbonyl (C=O) groups excluding carboxylic acids is 1. The third kappa shape index (κ3) is 2.58. The molecule has 1 aromatic rings. The van der Waals surface area contributed by atoms with Crippen molar-refractivity contribution < 1.29 is 14.7 Å². The third-order valence-electron chi connectivity index (χ3n) is 3.00. The first kappa shape index (κ1) is 11.5. The van der Waals surface area contributed by atoms with E-state index in [0.29, 0.717) is 18.4 Å². The van der Waals surface area contributed by atoms with Crippen LogP contribution in [-0.4, -0.2) is 33.2 Å². The molecule has 2 atom stereocenters. The predicted molar refractivity (Wildman–Crippen MR) is 58.3 cm³/mol. The average Bonchev–Trinajstić information content (AvgIpc) is 2.78. The first-order chi connectivity index (χ1) is 8.18. The van der Waals surface area contributed by atoms with Gasteiger partial charge in [-0.25, -0.2) is 0 Å². The standard InChI is InChI=1S/C11H13N3O3/c15-10(7-4-5-12-13-6-7)14-9-3-1-2-8(9)11(16)17/h4-6,8-9H,1-3H2,(H,14,15)(H,16,17). The molecule has 0 aliphatic heterocycles. The monoisotopic (exact) mass is 235 g/mol. The molecular formula is C11H13N3O3. The Morgan fingerprint density at radius 1 is 1.35 bits per heavy atom. The van der Waals surface area contributed by atoms with Crippen molar-refractivity contribution >= 4 is 11.9 Å². The number of carboxylic acids is 1. The quantitative estimate of drug-likeness (QED) is 0.794. The van der Waals surface area contributed by atoms with Gasteiger partial charge in [0.1, 0.15) is 0 Å². The number of nitrogens with zero attached hydrogens (tertiary/aromatic N) is 2. The number of hydrogen-bond donors (Lipinski definition) is 2. The van der Waals surface area contributed by atoms with Crippen LogP contribution in [0.3, 0.4) is 0 Å². The molecule has 1 fully saturated rings. The Kier molecular flexibility index (Phi) is 3.32. The molecule has 1 saturated carbocycles. The highest BCUT2D eigenvalue weighted by molar-refractivity contribution is 5.94. The molecule has 2 unspecified atom stereocenters. The summed E-state index contributed by atoms with van der Waals surface area (Å²) in [7, 11) is 0. The molecule has 17 heavy (non-hydrogen) atoms. The molecule has 1 aliphatic carbocycles. The summed E-state index contributed by atoms with van der Waals surface area (Å²) < 4.78 is 0. The summed E-state index contributed by atoms with van der Waals surface area (Å²) in [5, 5.41) is 18.9. The van der Waals surface area contributed by atoms with Crippen LogP contribution in [0.25, 0.3) is 0 Å². The number of rotatable bonds is 3. The fourth-order valence-corrected chi connectivity index (χ4v) is 2.11. The largest absolute Gasteiger partial charge is 0.481 e.